The Hall–Kier alpha value is -0.610. The van der Waals surface area contributed by atoms with Crippen LogP contribution in [-0.2, 0) is 17.5 Å². The molecule has 1 aromatic rings. The Morgan fingerprint density at radius 3 is 2.77 bits per heavy atom. The van der Waals surface area contributed by atoms with Crippen LogP contribution in [0.15, 0.2) is 21.6 Å². The summed E-state index contributed by atoms with van der Waals surface area (Å²) in [4.78, 5) is 0. The van der Waals surface area contributed by atoms with Gasteiger partial charge in [0, 0.05) is 6.42 Å². The third-order valence-electron chi connectivity index (χ3n) is 1.84. The lowest BCUT2D eigenvalue weighted by Gasteiger charge is -1.94. The van der Waals surface area contributed by atoms with Crippen LogP contribution in [0.2, 0.25) is 0 Å². The summed E-state index contributed by atoms with van der Waals surface area (Å²) in [7, 11) is 0. The zero-order chi connectivity index (χ0) is 9.68. The lowest BCUT2D eigenvalue weighted by Crippen LogP contribution is -1.84. The van der Waals surface area contributed by atoms with Crippen LogP contribution >= 0.6 is 0 Å². The number of hydrogen-bond donors (Lipinski definition) is 1. The summed E-state index contributed by atoms with van der Waals surface area (Å²) in [5.41, 5.74) is 0. The minimum absolute atomic E-state index is 0.145. The first-order chi connectivity index (χ1) is 6.24. The molecule has 0 aliphatic heterocycles. The van der Waals surface area contributed by atoms with Gasteiger partial charge in [0.2, 0.25) is 16.2 Å². The molecule has 3 nitrogen and oxygen atoms in total. The molecule has 13 heavy (non-hydrogen) atoms. The van der Waals surface area contributed by atoms with Crippen molar-refractivity contribution in [3.8, 4) is 0 Å². The van der Waals surface area contributed by atoms with Crippen molar-refractivity contribution >= 4 is 11.1 Å². The molecule has 0 spiro atoms. The van der Waals surface area contributed by atoms with Crippen LogP contribution in [0.25, 0.3) is 0 Å². The second kappa shape index (κ2) is 5.19. The molecule has 1 heterocycles. The van der Waals surface area contributed by atoms with Gasteiger partial charge in [0.1, 0.15) is 5.76 Å². The molecule has 1 unspecified atom stereocenters. The number of unbranched alkanes of at least 4 members (excludes halogenated alkanes) is 2. The van der Waals surface area contributed by atoms with Crippen molar-refractivity contribution in [3.05, 3.63) is 17.9 Å². The molecule has 0 aromatic carbocycles. The third kappa shape index (κ3) is 3.32. The summed E-state index contributed by atoms with van der Waals surface area (Å²) in [6.45, 7) is 2.14. The second-order valence-electron chi connectivity index (χ2n) is 2.93. The molecule has 0 aliphatic carbocycles. The fraction of sp³-hybridized carbons (Fsp3) is 0.556. The topological polar surface area (TPSA) is 50.4 Å². The molecule has 0 saturated carbocycles. The highest BCUT2D eigenvalue weighted by atomic mass is 32.2. The molecular weight excluding hydrogens is 188 g/mol. The molecule has 74 valence electrons. The van der Waals surface area contributed by atoms with E-state index in [1.807, 2.05) is 0 Å². The van der Waals surface area contributed by atoms with Crippen molar-refractivity contribution < 1.29 is 13.2 Å². The summed E-state index contributed by atoms with van der Waals surface area (Å²) in [6.07, 6.45) is 4.25. The van der Waals surface area contributed by atoms with Crippen LogP contribution in [0.5, 0.6) is 0 Å². The number of rotatable bonds is 5. The zero-order valence-electron chi connectivity index (χ0n) is 7.66. The van der Waals surface area contributed by atoms with E-state index in [2.05, 4.69) is 6.92 Å². The zero-order valence-corrected chi connectivity index (χ0v) is 8.47. The minimum Gasteiger partial charge on any atom is -0.450 e. The lowest BCUT2D eigenvalue weighted by atomic mass is 10.2. The predicted octanol–water partition coefficient (Wildman–Crippen LogP) is 2.59. The third-order valence-corrected chi connectivity index (χ3v) is 2.40. The molecule has 1 N–H and O–H groups in total. The Labute approximate surface area is 80.4 Å². The van der Waals surface area contributed by atoms with Crippen molar-refractivity contribution in [2.24, 2.45) is 0 Å². The van der Waals surface area contributed by atoms with Crippen molar-refractivity contribution in [3.63, 3.8) is 0 Å². The largest absolute Gasteiger partial charge is 0.450 e. The molecule has 0 bridgehead atoms. The molecule has 1 rings (SSSR count). The molecule has 0 saturated heterocycles. The van der Waals surface area contributed by atoms with Gasteiger partial charge < -0.3 is 4.42 Å². The Bertz CT molecular complexity index is 280. The molecule has 0 fully saturated rings. The Balaban J connectivity index is 2.44. The van der Waals surface area contributed by atoms with Gasteiger partial charge >= 0.3 is 0 Å². The number of furan rings is 1. The van der Waals surface area contributed by atoms with E-state index in [0.29, 0.717) is 0 Å². The second-order valence-corrected chi connectivity index (χ2v) is 3.83. The van der Waals surface area contributed by atoms with E-state index in [9.17, 15) is 4.21 Å². The van der Waals surface area contributed by atoms with Gasteiger partial charge in [-0.3, -0.25) is 4.55 Å². The molecule has 0 radical (unpaired) electrons. The van der Waals surface area contributed by atoms with Crippen LogP contribution in [0.4, 0.5) is 0 Å². The average Bonchev–Trinajstić information content (AvgIpc) is 2.53. The van der Waals surface area contributed by atoms with Gasteiger partial charge in [-0.2, -0.15) is 0 Å². The maximum Gasteiger partial charge on any atom is 0.223 e. The minimum atomic E-state index is -1.98. The predicted molar refractivity (Wildman–Crippen MR) is 51.0 cm³/mol. The molecular formula is C9H14O3S. The summed E-state index contributed by atoms with van der Waals surface area (Å²) >= 11 is -1.98. The van der Waals surface area contributed by atoms with Gasteiger partial charge in [-0.15, -0.1) is 0 Å². The van der Waals surface area contributed by atoms with Gasteiger partial charge in [0.05, 0.1) is 0 Å². The molecule has 0 aliphatic rings. The highest BCUT2D eigenvalue weighted by Crippen LogP contribution is 2.13. The summed E-state index contributed by atoms with van der Waals surface area (Å²) < 4.78 is 24.4. The Kier molecular flexibility index (Phi) is 4.18. The smallest absolute Gasteiger partial charge is 0.223 e. The first-order valence-electron chi connectivity index (χ1n) is 4.43. The van der Waals surface area contributed by atoms with Crippen LogP contribution in [-0.4, -0.2) is 8.76 Å². The van der Waals surface area contributed by atoms with E-state index in [4.69, 9.17) is 8.97 Å². The fourth-order valence-corrected chi connectivity index (χ4v) is 1.50. The first kappa shape index (κ1) is 10.5. The summed E-state index contributed by atoms with van der Waals surface area (Å²) in [5, 5.41) is 0.145. The van der Waals surface area contributed by atoms with E-state index in [1.165, 1.54) is 6.42 Å². The van der Waals surface area contributed by atoms with E-state index in [-0.39, 0.29) is 5.09 Å². The molecule has 4 heteroatoms. The van der Waals surface area contributed by atoms with Gasteiger partial charge in [0.25, 0.3) is 0 Å². The molecule has 1 aromatic heterocycles. The normalized spacial score (nSPS) is 13.1. The van der Waals surface area contributed by atoms with Crippen molar-refractivity contribution in [2.45, 2.75) is 37.7 Å². The van der Waals surface area contributed by atoms with E-state index < -0.39 is 11.1 Å². The lowest BCUT2D eigenvalue weighted by molar-refractivity contribution is 0.404. The average molecular weight is 202 g/mol. The molecule has 0 amide bonds. The van der Waals surface area contributed by atoms with Gasteiger partial charge in [0.15, 0.2) is 0 Å². The highest BCUT2D eigenvalue weighted by Gasteiger charge is 2.05. The molecule has 1 atom stereocenters. The fourth-order valence-electron chi connectivity index (χ4n) is 1.14. The SMILES string of the molecule is CCCCCc1ccc(S(=O)O)o1. The standard InChI is InChI=1S/C9H14O3S/c1-2-3-4-5-8-6-7-9(12-8)13(10)11/h6-7H,2-5H2,1H3,(H,10,11). The van der Waals surface area contributed by atoms with E-state index in [1.54, 1.807) is 12.1 Å². The number of hydrogen-bond acceptors (Lipinski definition) is 2. The van der Waals surface area contributed by atoms with Gasteiger partial charge in [-0.1, -0.05) is 19.8 Å². The monoisotopic (exact) mass is 202 g/mol. The summed E-state index contributed by atoms with van der Waals surface area (Å²) in [5.74, 6) is 0.797. The van der Waals surface area contributed by atoms with Crippen molar-refractivity contribution in [2.75, 3.05) is 0 Å². The number of aryl methyl sites for hydroxylation is 1. The van der Waals surface area contributed by atoms with E-state index >= 15 is 0 Å². The van der Waals surface area contributed by atoms with E-state index in [0.717, 1.165) is 25.0 Å². The maximum atomic E-state index is 10.6. The first-order valence-corrected chi connectivity index (χ1v) is 5.54. The van der Waals surface area contributed by atoms with Crippen LogP contribution in [0.3, 0.4) is 0 Å². The van der Waals surface area contributed by atoms with Gasteiger partial charge in [-0.25, -0.2) is 4.21 Å². The Morgan fingerprint density at radius 1 is 1.46 bits per heavy atom. The van der Waals surface area contributed by atoms with Crippen LogP contribution in [0, 0.1) is 0 Å². The van der Waals surface area contributed by atoms with Crippen molar-refractivity contribution in [1.82, 2.24) is 0 Å². The highest BCUT2D eigenvalue weighted by molar-refractivity contribution is 7.79. The quantitative estimate of drug-likeness (QED) is 0.589. The maximum absolute atomic E-state index is 10.6. The summed E-state index contributed by atoms with van der Waals surface area (Å²) in [6, 6.07) is 3.32. The van der Waals surface area contributed by atoms with Crippen molar-refractivity contribution in [1.29, 1.82) is 0 Å². The van der Waals surface area contributed by atoms with Crippen LogP contribution in [0.1, 0.15) is 31.9 Å². The van der Waals surface area contributed by atoms with Crippen LogP contribution < -0.4 is 0 Å². The Morgan fingerprint density at radius 2 is 2.23 bits per heavy atom. The van der Waals surface area contributed by atoms with Gasteiger partial charge in [-0.05, 0) is 18.6 Å².